The molecule has 1 heteroatoms. The summed E-state index contributed by atoms with van der Waals surface area (Å²) in [7, 11) is 1.50. The molecule has 0 aromatic carbocycles. The van der Waals surface area contributed by atoms with Crippen LogP contribution >= 0.6 is 0 Å². The third-order valence-corrected chi connectivity index (χ3v) is 0.451. The molecule has 0 aromatic rings. The van der Waals surface area contributed by atoms with Crippen LogP contribution in [-0.2, 0) is 0 Å². The van der Waals surface area contributed by atoms with Crippen molar-refractivity contribution in [3.05, 3.63) is 37.5 Å². The maximum absolute atomic E-state index is 4.50. The lowest BCUT2D eigenvalue weighted by molar-refractivity contribution is 1.40. The van der Waals surface area contributed by atoms with E-state index in [2.05, 4.69) is 25.5 Å². The van der Waals surface area contributed by atoms with Crippen molar-refractivity contribution in [3.63, 3.8) is 0 Å². The number of hydrogen-bond donors (Lipinski definition) is 1. The van der Waals surface area contributed by atoms with Gasteiger partial charge < -0.3 is 5.73 Å². The highest BCUT2D eigenvalue weighted by Crippen LogP contribution is 1.85. The van der Waals surface area contributed by atoms with E-state index in [0.29, 0.717) is 0 Å². The SMILES string of the molecule is C=C.C=CC=C(C)C.CN. The molecule has 2 N–H and O–H groups in total. The van der Waals surface area contributed by atoms with Crippen LogP contribution in [0.5, 0.6) is 0 Å². The summed E-state index contributed by atoms with van der Waals surface area (Å²) in [6.07, 6.45) is 3.76. The van der Waals surface area contributed by atoms with Crippen molar-refractivity contribution in [2.75, 3.05) is 7.05 Å². The second-order valence-corrected chi connectivity index (χ2v) is 1.48. The van der Waals surface area contributed by atoms with E-state index in [1.807, 2.05) is 19.9 Å². The fourth-order valence-electron chi connectivity index (χ4n) is 0.236. The predicted molar refractivity (Wildman–Crippen MR) is 51.0 cm³/mol. The molecule has 0 aliphatic rings. The van der Waals surface area contributed by atoms with Gasteiger partial charge in [-0.2, -0.15) is 0 Å². The molecular weight excluding hydrogens is 122 g/mol. The van der Waals surface area contributed by atoms with Gasteiger partial charge in [0.25, 0.3) is 0 Å². The highest BCUT2D eigenvalue weighted by Gasteiger charge is 1.63. The molecule has 0 spiro atoms. The summed E-state index contributed by atoms with van der Waals surface area (Å²) < 4.78 is 0. The van der Waals surface area contributed by atoms with Crippen LogP contribution in [0, 0.1) is 0 Å². The molecule has 0 bridgehead atoms. The van der Waals surface area contributed by atoms with Crippen molar-refractivity contribution in [1.82, 2.24) is 0 Å². The molecule has 0 aromatic heterocycles. The zero-order valence-corrected chi connectivity index (χ0v) is 7.35. The third-order valence-electron chi connectivity index (χ3n) is 0.451. The van der Waals surface area contributed by atoms with Crippen LogP contribution in [0.3, 0.4) is 0 Å². The minimum Gasteiger partial charge on any atom is -0.333 e. The number of rotatable bonds is 1. The maximum Gasteiger partial charge on any atom is -0.0195 e. The van der Waals surface area contributed by atoms with E-state index in [9.17, 15) is 0 Å². The quantitative estimate of drug-likeness (QED) is 0.440. The molecule has 10 heavy (non-hydrogen) atoms. The van der Waals surface area contributed by atoms with E-state index in [1.165, 1.54) is 12.6 Å². The molecule has 0 rings (SSSR count). The van der Waals surface area contributed by atoms with Crippen LogP contribution < -0.4 is 5.73 Å². The van der Waals surface area contributed by atoms with Gasteiger partial charge in [-0.15, -0.1) is 13.2 Å². The topological polar surface area (TPSA) is 26.0 Å². The van der Waals surface area contributed by atoms with Gasteiger partial charge in [-0.1, -0.05) is 24.3 Å². The minimum atomic E-state index is 1.30. The molecule has 0 radical (unpaired) electrons. The summed E-state index contributed by atoms with van der Waals surface area (Å²) in [5.74, 6) is 0. The van der Waals surface area contributed by atoms with Crippen LogP contribution in [0.15, 0.2) is 37.5 Å². The lowest BCUT2D eigenvalue weighted by Crippen LogP contribution is -1.69. The third kappa shape index (κ3) is 57.7. The van der Waals surface area contributed by atoms with Crippen LogP contribution in [-0.4, -0.2) is 7.05 Å². The molecule has 0 aliphatic heterocycles. The fourth-order valence-corrected chi connectivity index (χ4v) is 0.236. The second kappa shape index (κ2) is 24.1. The molecule has 60 valence electrons. The molecule has 0 amide bonds. The van der Waals surface area contributed by atoms with Gasteiger partial charge in [0, 0.05) is 0 Å². The molecular formula is C9H19N. The average Bonchev–Trinajstić information content (AvgIpc) is 1.96. The van der Waals surface area contributed by atoms with Gasteiger partial charge in [0.2, 0.25) is 0 Å². The predicted octanol–water partition coefficient (Wildman–Crippen LogP) is 2.52. The lowest BCUT2D eigenvalue weighted by Gasteiger charge is -1.76. The Hall–Kier alpha value is -0.820. The van der Waals surface area contributed by atoms with Crippen molar-refractivity contribution >= 4 is 0 Å². The molecule has 0 unspecified atom stereocenters. The Morgan fingerprint density at radius 1 is 1.20 bits per heavy atom. The Kier molecular flexibility index (Phi) is 38.8. The van der Waals surface area contributed by atoms with Crippen molar-refractivity contribution < 1.29 is 0 Å². The van der Waals surface area contributed by atoms with Crippen LogP contribution in [0.2, 0.25) is 0 Å². The van der Waals surface area contributed by atoms with Gasteiger partial charge in [-0.05, 0) is 20.9 Å². The molecule has 0 aliphatic carbocycles. The number of hydrogen-bond acceptors (Lipinski definition) is 1. The monoisotopic (exact) mass is 141 g/mol. The average molecular weight is 141 g/mol. The summed E-state index contributed by atoms with van der Waals surface area (Å²) >= 11 is 0. The van der Waals surface area contributed by atoms with Crippen LogP contribution in [0.1, 0.15) is 13.8 Å². The Labute approximate surface area is 64.9 Å². The van der Waals surface area contributed by atoms with Crippen LogP contribution in [0.25, 0.3) is 0 Å². The van der Waals surface area contributed by atoms with E-state index in [0.717, 1.165) is 0 Å². The molecule has 0 heterocycles. The van der Waals surface area contributed by atoms with Crippen molar-refractivity contribution in [2.45, 2.75) is 13.8 Å². The first-order chi connectivity index (χ1) is 4.77. The lowest BCUT2D eigenvalue weighted by atomic mass is 10.3. The Morgan fingerprint density at radius 3 is 1.50 bits per heavy atom. The first-order valence-corrected chi connectivity index (χ1v) is 3.11. The van der Waals surface area contributed by atoms with E-state index < -0.39 is 0 Å². The number of allylic oxidation sites excluding steroid dienone is 3. The van der Waals surface area contributed by atoms with Gasteiger partial charge >= 0.3 is 0 Å². The summed E-state index contributed by atoms with van der Waals surface area (Å²) in [4.78, 5) is 0. The van der Waals surface area contributed by atoms with E-state index >= 15 is 0 Å². The first kappa shape index (κ1) is 16.1. The summed E-state index contributed by atoms with van der Waals surface area (Å²) in [6, 6.07) is 0. The van der Waals surface area contributed by atoms with Crippen molar-refractivity contribution in [2.24, 2.45) is 5.73 Å². The van der Waals surface area contributed by atoms with Gasteiger partial charge in [-0.25, -0.2) is 0 Å². The normalized spacial score (nSPS) is 5.20. The smallest absolute Gasteiger partial charge is 0.0195 e. The van der Waals surface area contributed by atoms with E-state index in [4.69, 9.17) is 0 Å². The maximum atomic E-state index is 4.50. The van der Waals surface area contributed by atoms with Gasteiger partial charge in [0.1, 0.15) is 0 Å². The summed E-state index contributed by atoms with van der Waals surface area (Å²) in [5.41, 5.74) is 5.80. The fraction of sp³-hybridized carbons (Fsp3) is 0.333. The molecule has 0 saturated carbocycles. The van der Waals surface area contributed by atoms with E-state index in [1.54, 1.807) is 6.08 Å². The standard InChI is InChI=1S/C6H10.C2H4.CH5N/c1-4-5-6(2)3;2*1-2/h4-5H,1H2,2-3H3;1-2H2;2H2,1H3. The van der Waals surface area contributed by atoms with Crippen molar-refractivity contribution in [3.8, 4) is 0 Å². The first-order valence-electron chi connectivity index (χ1n) is 3.11. The Bertz CT molecular complexity index is 78.7. The Morgan fingerprint density at radius 2 is 1.50 bits per heavy atom. The van der Waals surface area contributed by atoms with Crippen molar-refractivity contribution in [1.29, 1.82) is 0 Å². The zero-order valence-electron chi connectivity index (χ0n) is 7.35. The highest BCUT2D eigenvalue weighted by atomic mass is 14.4. The molecule has 0 saturated heterocycles. The highest BCUT2D eigenvalue weighted by molar-refractivity contribution is 5.04. The van der Waals surface area contributed by atoms with Gasteiger partial charge in [0.15, 0.2) is 0 Å². The number of nitrogens with two attached hydrogens (primary N) is 1. The Balaban J connectivity index is -0.000000105. The molecule has 1 nitrogen and oxygen atoms in total. The zero-order chi connectivity index (χ0) is 8.99. The summed E-state index contributed by atoms with van der Waals surface area (Å²) in [6.45, 7) is 13.6. The van der Waals surface area contributed by atoms with Gasteiger partial charge in [-0.3, -0.25) is 0 Å². The van der Waals surface area contributed by atoms with E-state index in [-0.39, 0.29) is 0 Å². The molecule has 0 fully saturated rings. The largest absolute Gasteiger partial charge is 0.333 e. The minimum absolute atomic E-state index is 1.30. The van der Waals surface area contributed by atoms with Crippen LogP contribution in [0.4, 0.5) is 0 Å². The summed E-state index contributed by atoms with van der Waals surface area (Å²) in [5, 5.41) is 0. The second-order valence-electron chi connectivity index (χ2n) is 1.48. The molecule has 0 atom stereocenters. The van der Waals surface area contributed by atoms with Gasteiger partial charge in [0.05, 0.1) is 0 Å².